The standard InChI is InChI=1S/C22H23F3N4/c1-14(2)16-8-10-17(11-9-16)27-20-19(22(23,24)25)13-26-21(28-20)29(4)18-7-5-6-15(3)12-18/h5-14H,1-4H3,(H,26,27,28). The molecule has 0 fully saturated rings. The van der Waals surface area contributed by atoms with Crippen molar-refractivity contribution in [2.45, 2.75) is 32.9 Å². The molecule has 0 bridgehead atoms. The van der Waals surface area contributed by atoms with Crippen LogP contribution in [0.5, 0.6) is 0 Å². The normalized spacial score (nSPS) is 11.6. The first-order valence-corrected chi connectivity index (χ1v) is 9.27. The van der Waals surface area contributed by atoms with Crippen LogP contribution in [0.4, 0.5) is 36.3 Å². The number of benzene rings is 2. The number of hydrogen-bond donors (Lipinski definition) is 1. The SMILES string of the molecule is Cc1cccc(N(C)c2ncc(C(F)(F)F)c(Nc3ccc(C(C)C)cc3)n2)c1. The van der Waals surface area contributed by atoms with Gasteiger partial charge in [0.25, 0.3) is 0 Å². The monoisotopic (exact) mass is 400 g/mol. The van der Waals surface area contributed by atoms with E-state index in [4.69, 9.17) is 0 Å². The van der Waals surface area contributed by atoms with Gasteiger partial charge in [0.2, 0.25) is 5.95 Å². The first-order valence-electron chi connectivity index (χ1n) is 9.27. The molecule has 3 rings (SSSR count). The molecule has 0 saturated carbocycles. The molecule has 3 aromatic rings. The molecule has 7 heteroatoms. The van der Waals surface area contributed by atoms with Gasteiger partial charge in [-0.15, -0.1) is 0 Å². The number of aryl methyl sites for hydroxylation is 1. The van der Waals surface area contributed by atoms with Crippen molar-refractivity contribution in [3.63, 3.8) is 0 Å². The molecule has 0 saturated heterocycles. The fourth-order valence-electron chi connectivity index (χ4n) is 2.88. The van der Waals surface area contributed by atoms with Crippen molar-refractivity contribution in [3.8, 4) is 0 Å². The second-order valence-corrected chi connectivity index (χ2v) is 7.23. The van der Waals surface area contributed by atoms with Crippen molar-refractivity contribution in [3.05, 3.63) is 71.4 Å². The molecule has 29 heavy (non-hydrogen) atoms. The molecule has 0 amide bonds. The lowest BCUT2D eigenvalue weighted by Crippen LogP contribution is -2.17. The molecule has 4 nitrogen and oxygen atoms in total. The van der Waals surface area contributed by atoms with E-state index >= 15 is 0 Å². The third-order valence-corrected chi connectivity index (χ3v) is 4.61. The van der Waals surface area contributed by atoms with Crippen molar-refractivity contribution in [1.29, 1.82) is 0 Å². The van der Waals surface area contributed by atoms with E-state index in [1.165, 1.54) is 0 Å². The van der Waals surface area contributed by atoms with Crippen LogP contribution in [0.3, 0.4) is 0 Å². The van der Waals surface area contributed by atoms with Crippen LogP contribution in [-0.4, -0.2) is 17.0 Å². The summed E-state index contributed by atoms with van der Waals surface area (Å²) in [6.45, 7) is 6.06. The Morgan fingerprint density at radius 2 is 1.72 bits per heavy atom. The van der Waals surface area contributed by atoms with Gasteiger partial charge in [-0.25, -0.2) is 4.98 Å². The number of rotatable bonds is 5. The van der Waals surface area contributed by atoms with E-state index in [1.54, 1.807) is 24.1 Å². The fraction of sp³-hybridized carbons (Fsp3) is 0.273. The quantitative estimate of drug-likeness (QED) is 0.535. The lowest BCUT2D eigenvalue weighted by molar-refractivity contribution is -0.137. The Hall–Kier alpha value is -3.09. The van der Waals surface area contributed by atoms with Gasteiger partial charge in [-0.3, -0.25) is 0 Å². The fourth-order valence-corrected chi connectivity index (χ4v) is 2.88. The number of hydrogen-bond acceptors (Lipinski definition) is 4. The summed E-state index contributed by atoms with van der Waals surface area (Å²) >= 11 is 0. The molecule has 0 aliphatic rings. The average molecular weight is 400 g/mol. The zero-order valence-corrected chi connectivity index (χ0v) is 16.7. The van der Waals surface area contributed by atoms with Crippen molar-refractivity contribution < 1.29 is 13.2 Å². The summed E-state index contributed by atoms with van der Waals surface area (Å²) in [5.41, 5.74) is 2.55. The smallest absolute Gasteiger partial charge is 0.340 e. The second-order valence-electron chi connectivity index (χ2n) is 7.23. The van der Waals surface area contributed by atoms with Gasteiger partial charge in [0.15, 0.2) is 0 Å². The molecule has 0 unspecified atom stereocenters. The largest absolute Gasteiger partial charge is 0.421 e. The summed E-state index contributed by atoms with van der Waals surface area (Å²) in [4.78, 5) is 9.78. The van der Waals surface area contributed by atoms with Crippen LogP contribution in [0.15, 0.2) is 54.7 Å². The van der Waals surface area contributed by atoms with E-state index < -0.39 is 11.7 Å². The summed E-state index contributed by atoms with van der Waals surface area (Å²) in [6, 6.07) is 14.9. The van der Waals surface area contributed by atoms with Gasteiger partial charge in [0.1, 0.15) is 11.4 Å². The Labute approximate surface area is 168 Å². The Kier molecular flexibility index (Phi) is 5.77. The molecule has 0 atom stereocenters. The van der Waals surface area contributed by atoms with Crippen LogP contribution in [0.25, 0.3) is 0 Å². The van der Waals surface area contributed by atoms with Crippen molar-refractivity contribution >= 4 is 23.1 Å². The lowest BCUT2D eigenvalue weighted by atomic mass is 10.0. The molecule has 0 spiro atoms. The topological polar surface area (TPSA) is 41.1 Å². The van der Waals surface area contributed by atoms with Gasteiger partial charge < -0.3 is 10.2 Å². The van der Waals surface area contributed by atoms with Crippen LogP contribution in [0.2, 0.25) is 0 Å². The molecular weight excluding hydrogens is 377 g/mol. The van der Waals surface area contributed by atoms with Crippen molar-refractivity contribution in [1.82, 2.24) is 9.97 Å². The molecule has 152 valence electrons. The van der Waals surface area contributed by atoms with E-state index in [2.05, 4.69) is 29.1 Å². The minimum absolute atomic E-state index is 0.171. The molecule has 0 aliphatic carbocycles. The first kappa shape index (κ1) is 20.6. The van der Waals surface area contributed by atoms with E-state index in [-0.39, 0.29) is 11.8 Å². The molecule has 1 heterocycles. The Morgan fingerprint density at radius 3 is 2.31 bits per heavy atom. The Balaban J connectivity index is 1.98. The van der Waals surface area contributed by atoms with E-state index in [9.17, 15) is 13.2 Å². The Bertz CT molecular complexity index is 982. The number of nitrogens with one attached hydrogen (secondary N) is 1. The van der Waals surface area contributed by atoms with Crippen molar-refractivity contribution in [2.24, 2.45) is 0 Å². The van der Waals surface area contributed by atoms with Crippen LogP contribution < -0.4 is 10.2 Å². The van der Waals surface area contributed by atoms with Gasteiger partial charge in [-0.1, -0.05) is 38.1 Å². The highest BCUT2D eigenvalue weighted by Gasteiger charge is 2.35. The second kappa shape index (κ2) is 8.11. The van der Waals surface area contributed by atoms with Gasteiger partial charge in [0, 0.05) is 24.6 Å². The molecule has 0 radical (unpaired) electrons. The van der Waals surface area contributed by atoms with Crippen LogP contribution in [-0.2, 0) is 6.18 Å². The number of anilines is 4. The first-order chi connectivity index (χ1) is 13.6. The molecule has 1 aromatic heterocycles. The van der Waals surface area contributed by atoms with Gasteiger partial charge in [-0.2, -0.15) is 18.2 Å². The molecule has 1 N–H and O–H groups in total. The van der Waals surface area contributed by atoms with Crippen LogP contribution in [0.1, 0.15) is 36.5 Å². The van der Waals surface area contributed by atoms with Gasteiger partial charge in [0.05, 0.1) is 0 Å². The zero-order valence-electron chi connectivity index (χ0n) is 16.7. The van der Waals surface area contributed by atoms with Crippen LogP contribution >= 0.6 is 0 Å². The number of alkyl halides is 3. The molecule has 0 aliphatic heterocycles. The maximum atomic E-state index is 13.5. The summed E-state index contributed by atoms with van der Waals surface area (Å²) in [5, 5.41) is 2.81. The predicted octanol–water partition coefficient (Wildman–Crippen LogP) is 6.44. The van der Waals surface area contributed by atoms with Crippen molar-refractivity contribution in [2.75, 3.05) is 17.3 Å². The maximum absolute atomic E-state index is 13.5. The van der Waals surface area contributed by atoms with E-state index in [1.807, 2.05) is 43.3 Å². The highest BCUT2D eigenvalue weighted by atomic mass is 19.4. The summed E-state index contributed by atoms with van der Waals surface area (Å²) in [6.07, 6.45) is -3.75. The summed E-state index contributed by atoms with van der Waals surface area (Å²) < 4.78 is 40.5. The lowest BCUT2D eigenvalue weighted by Gasteiger charge is -2.20. The third-order valence-electron chi connectivity index (χ3n) is 4.61. The third kappa shape index (κ3) is 4.85. The number of halogens is 3. The van der Waals surface area contributed by atoms with E-state index in [0.29, 0.717) is 11.6 Å². The highest BCUT2D eigenvalue weighted by molar-refractivity contribution is 5.64. The van der Waals surface area contributed by atoms with E-state index in [0.717, 1.165) is 23.0 Å². The number of nitrogens with zero attached hydrogens (tertiary/aromatic N) is 3. The Morgan fingerprint density at radius 1 is 1.03 bits per heavy atom. The number of aromatic nitrogens is 2. The summed E-state index contributed by atoms with van der Waals surface area (Å²) in [7, 11) is 1.72. The minimum atomic E-state index is -4.57. The maximum Gasteiger partial charge on any atom is 0.421 e. The summed E-state index contributed by atoms with van der Waals surface area (Å²) in [5.74, 6) is 0.229. The average Bonchev–Trinajstić information content (AvgIpc) is 2.67. The molecular formula is C22H23F3N4. The zero-order chi connectivity index (χ0) is 21.2. The van der Waals surface area contributed by atoms with Crippen LogP contribution in [0, 0.1) is 6.92 Å². The predicted molar refractivity (Wildman–Crippen MR) is 110 cm³/mol. The highest BCUT2D eigenvalue weighted by Crippen LogP contribution is 2.36. The van der Waals surface area contributed by atoms with Gasteiger partial charge >= 0.3 is 6.18 Å². The van der Waals surface area contributed by atoms with Gasteiger partial charge in [-0.05, 0) is 48.2 Å². The minimum Gasteiger partial charge on any atom is -0.340 e. The molecule has 2 aromatic carbocycles.